The largest absolute Gasteiger partial charge is 0.496 e. The van der Waals surface area contributed by atoms with E-state index < -0.39 is 5.60 Å². The number of fused-ring (bicyclic) bond motifs is 1. The van der Waals surface area contributed by atoms with Gasteiger partial charge in [0.15, 0.2) is 0 Å². The first kappa shape index (κ1) is 22.2. The van der Waals surface area contributed by atoms with E-state index in [1.807, 2.05) is 36.4 Å². The normalized spacial score (nSPS) is 12.0. The lowest BCUT2D eigenvalue weighted by molar-refractivity contribution is -0.147. The Kier molecular flexibility index (Phi) is 7.88. The van der Waals surface area contributed by atoms with Crippen molar-refractivity contribution in [3.8, 4) is 5.75 Å². The lowest BCUT2D eigenvalue weighted by Crippen LogP contribution is -2.48. The fourth-order valence-corrected chi connectivity index (χ4v) is 3.86. The number of carbonyl (C=O) groups is 1. The molecule has 4 nitrogen and oxygen atoms in total. The zero-order chi connectivity index (χ0) is 20.7. The van der Waals surface area contributed by atoms with E-state index >= 15 is 0 Å². The maximum Gasteiger partial charge on any atom is 0.256 e. The molecule has 2 aromatic rings. The van der Waals surface area contributed by atoms with Crippen LogP contribution in [0, 0.1) is 11.8 Å². The van der Waals surface area contributed by atoms with Gasteiger partial charge in [-0.1, -0.05) is 58.9 Å². The van der Waals surface area contributed by atoms with Crippen LogP contribution in [0.5, 0.6) is 5.75 Å². The quantitative estimate of drug-likeness (QED) is 0.542. The zero-order valence-electron chi connectivity index (χ0n) is 18.2. The molecule has 154 valence electrons. The summed E-state index contributed by atoms with van der Waals surface area (Å²) in [6.45, 7) is 11.2. The number of amides is 1. The minimum atomic E-state index is -0.820. The molecule has 28 heavy (non-hydrogen) atoms. The lowest BCUT2D eigenvalue weighted by Gasteiger charge is -2.35. The summed E-state index contributed by atoms with van der Waals surface area (Å²) in [6, 6.07) is 11.8. The van der Waals surface area contributed by atoms with E-state index in [9.17, 15) is 4.79 Å². The molecule has 0 radical (unpaired) electrons. The van der Waals surface area contributed by atoms with Gasteiger partial charge in [-0.2, -0.15) is 0 Å². The summed E-state index contributed by atoms with van der Waals surface area (Å²) in [6.07, 6.45) is 2.28. The number of anilines is 1. The van der Waals surface area contributed by atoms with Crippen LogP contribution in [0.25, 0.3) is 10.8 Å². The summed E-state index contributed by atoms with van der Waals surface area (Å²) in [4.78, 5) is 13.5. The van der Waals surface area contributed by atoms with Gasteiger partial charge in [-0.25, -0.2) is 0 Å². The summed E-state index contributed by atoms with van der Waals surface area (Å²) in [5.41, 5.74) is -0.0299. The number of benzene rings is 2. The van der Waals surface area contributed by atoms with Gasteiger partial charge in [-0.15, -0.1) is 0 Å². The Morgan fingerprint density at radius 3 is 2.14 bits per heavy atom. The molecule has 0 aliphatic heterocycles. The molecule has 0 unspecified atom stereocenters. The SMILES string of the molecule is CCCOC(CC(C)C)(CC(C)C)C(=O)Nc1ccc(OC)c2ccccc12. The van der Waals surface area contributed by atoms with Gasteiger partial charge < -0.3 is 14.8 Å². The first-order chi connectivity index (χ1) is 13.3. The van der Waals surface area contributed by atoms with E-state index in [-0.39, 0.29) is 5.91 Å². The number of methoxy groups -OCH3 is 1. The average Bonchev–Trinajstić information content (AvgIpc) is 2.65. The average molecular weight is 386 g/mol. The van der Waals surface area contributed by atoms with Crippen molar-refractivity contribution in [2.75, 3.05) is 19.0 Å². The highest BCUT2D eigenvalue weighted by molar-refractivity contribution is 6.06. The molecule has 0 aromatic heterocycles. The van der Waals surface area contributed by atoms with Gasteiger partial charge in [0, 0.05) is 23.1 Å². The molecule has 0 aliphatic carbocycles. The number of carbonyl (C=O) groups excluding carboxylic acids is 1. The number of ether oxygens (including phenoxy) is 2. The molecule has 0 saturated carbocycles. The van der Waals surface area contributed by atoms with Crippen molar-refractivity contribution >= 4 is 22.4 Å². The molecule has 0 aliphatic rings. The molecule has 2 aromatic carbocycles. The Balaban J connectivity index is 2.43. The molecule has 4 heteroatoms. The predicted octanol–water partition coefficient (Wildman–Crippen LogP) is 6.04. The minimum Gasteiger partial charge on any atom is -0.496 e. The monoisotopic (exact) mass is 385 g/mol. The van der Waals surface area contributed by atoms with Gasteiger partial charge in [-0.05, 0) is 43.2 Å². The second-order valence-electron chi connectivity index (χ2n) is 8.35. The van der Waals surface area contributed by atoms with Gasteiger partial charge in [0.25, 0.3) is 5.91 Å². The van der Waals surface area contributed by atoms with Gasteiger partial charge in [-0.3, -0.25) is 4.79 Å². The van der Waals surface area contributed by atoms with Crippen LogP contribution >= 0.6 is 0 Å². The Morgan fingerprint density at radius 1 is 1.00 bits per heavy atom. The second-order valence-corrected chi connectivity index (χ2v) is 8.35. The minimum absolute atomic E-state index is 0.0568. The van der Waals surface area contributed by atoms with Crippen molar-refractivity contribution in [1.82, 2.24) is 0 Å². The number of hydrogen-bond acceptors (Lipinski definition) is 3. The molecule has 2 rings (SSSR count). The summed E-state index contributed by atoms with van der Waals surface area (Å²) in [5, 5.41) is 5.13. The highest BCUT2D eigenvalue weighted by Gasteiger charge is 2.40. The van der Waals surface area contributed by atoms with Crippen LogP contribution in [0.2, 0.25) is 0 Å². The van der Waals surface area contributed by atoms with Crippen LogP contribution in [-0.2, 0) is 9.53 Å². The summed E-state index contributed by atoms with van der Waals surface area (Å²) in [7, 11) is 1.66. The van der Waals surface area contributed by atoms with Crippen LogP contribution in [0.3, 0.4) is 0 Å². The maximum absolute atomic E-state index is 13.5. The van der Waals surface area contributed by atoms with Crippen LogP contribution in [0.1, 0.15) is 53.9 Å². The van der Waals surface area contributed by atoms with E-state index in [1.165, 1.54) is 0 Å². The standard InChI is InChI=1S/C24H35NO3/c1-7-14-28-24(15-17(2)3,16-18(4)5)23(26)25-21-12-13-22(27-6)20-11-9-8-10-19(20)21/h8-13,17-18H,7,14-16H2,1-6H3,(H,25,26). The third kappa shape index (κ3) is 5.26. The van der Waals surface area contributed by atoms with Gasteiger partial charge in [0.1, 0.15) is 11.4 Å². The van der Waals surface area contributed by atoms with Crippen molar-refractivity contribution in [1.29, 1.82) is 0 Å². The van der Waals surface area contributed by atoms with Crippen molar-refractivity contribution < 1.29 is 14.3 Å². The molecule has 0 atom stereocenters. The third-order valence-electron chi connectivity index (χ3n) is 4.82. The number of nitrogens with one attached hydrogen (secondary N) is 1. The topological polar surface area (TPSA) is 47.6 Å². The zero-order valence-corrected chi connectivity index (χ0v) is 18.2. The molecule has 0 heterocycles. The van der Waals surface area contributed by atoms with E-state index in [0.717, 1.165) is 28.6 Å². The van der Waals surface area contributed by atoms with Crippen LogP contribution in [0.4, 0.5) is 5.69 Å². The van der Waals surface area contributed by atoms with E-state index in [0.29, 0.717) is 31.3 Å². The first-order valence-electron chi connectivity index (χ1n) is 10.3. The van der Waals surface area contributed by atoms with Crippen LogP contribution < -0.4 is 10.1 Å². The second kappa shape index (κ2) is 9.92. The highest BCUT2D eigenvalue weighted by Crippen LogP contribution is 2.34. The van der Waals surface area contributed by atoms with E-state index in [4.69, 9.17) is 9.47 Å². The molecule has 0 bridgehead atoms. The van der Waals surface area contributed by atoms with E-state index in [1.54, 1.807) is 7.11 Å². The van der Waals surface area contributed by atoms with Gasteiger partial charge >= 0.3 is 0 Å². The molecule has 1 N–H and O–H groups in total. The first-order valence-corrected chi connectivity index (χ1v) is 10.3. The fraction of sp³-hybridized carbons (Fsp3) is 0.542. The van der Waals surface area contributed by atoms with Crippen molar-refractivity contribution in [3.05, 3.63) is 36.4 Å². The fourth-order valence-electron chi connectivity index (χ4n) is 3.86. The smallest absolute Gasteiger partial charge is 0.256 e. The highest BCUT2D eigenvalue weighted by atomic mass is 16.5. The van der Waals surface area contributed by atoms with Crippen molar-refractivity contribution in [2.24, 2.45) is 11.8 Å². The van der Waals surface area contributed by atoms with Crippen LogP contribution in [-0.4, -0.2) is 25.2 Å². The molecule has 0 fully saturated rings. The van der Waals surface area contributed by atoms with Gasteiger partial charge in [0.05, 0.1) is 7.11 Å². The Hall–Kier alpha value is -2.07. The van der Waals surface area contributed by atoms with Crippen molar-refractivity contribution in [2.45, 2.75) is 59.5 Å². The third-order valence-corrected chi connectivity index (χ3v) is 4.82. The molecular weight excluding hydrogens is 350 g/mol. The molecule has 1 amide bonds. The van der Waals surface area contributed by atoms with Crippen molar-refractivity contribution in [3.63, 3.8) is 0 Å². The summed E-state index contributed by atoms with van der Waals surface area (Å²) >= 11 is 0. The Labute approximate surface area is 169 Å². The lowest BCUT2D eigenvalue weighted by atomic mass is 9.83. The summed E-state index contributed by atoms with van der Waals surface area (Å²) < 4.78 is 11.7. The van der Waals surface area contributed by atoms with E-state index in [2.05, 4.69) is 39.9 Å². The maximum atomic E-state index is 13.5. The molecule has 0 spiro atoms. The van der Waals surface area contributed by atoms with Crippen LogP contribution in [0.15, 0.2) is 36.4 Å². The summed E-state index contributed by atoms with van der Waals surface area (Å²) in [5.74, 6) is 1.45. The Morgan fingerprint density at radius 2 is 1.61 bits per heavy atom. The van der Waals surface area contributed by atoms with Gasteiger partial charge in [0.2, 0.25) is 0 Å². The molecular formula is C24H35NO3. The number of rotatable bonds is 10. The predicted molar refractivity (Wildman–Crippen MR) is 117 cm³/mol. The number of hydrogen-bond donors (Lipinski definition) is 1. The Bertz CT molecular complexity index is 773. The molecule has 0 saturated heterocycles.